The minimum atomic E-state index is -0.711. The lowest BCUT2D eigenvalue weighted by Crippen LogP contribution is -2.37. The van der Waals surface area contributed by atoms with Crippen LogP contribution in [0.5, 0.6) is 0 Å². The van der Waals surface area contributed by atoms with Crippen molar-refractivity contribution in [1.29, 1.82) is 0 Å². The van der Waals surface area contributed by atoms with E-state index in [2.05, 4.69) is 10.9 Å². The van der Waals surface area contributed by atoms with E-state index >= 15 is 0 Å². The minimum absolute atomic E-state index is 0.117. The van der Waals surface area contributed by atoms with Gasteiger partial charge >= 0.3 is 5.69 Å². The van der Waals surface area contributed by atoms with Crippen LogP contribution in [0.1, 0.15) is 23.7 Å². The molecular weight excluding hydrogens is 222 g/mol. The van der Waals surface area contributed by atoms with Crippen molar-refractivity contribution in [2.75, 3.05) is 13.1 Å². The van der Waals surface area contributed by atoms with Gasteiger partial charge in [0, 0.05) is 12.7 Å². The predicted octanol–water partition coefficient (Wildman–Crippen LogP) is -0.451. The molecule has 90 valence electrons. The first-order valence-corrected chi connectivity index (χ1v) is 5.15. The Morgan fingerprint density at radius 3 is 2.76 bits per heavy atom. The molecule has 1 heterocycles. The number of aromatic amines is 2. The van der Waals surface area contributed by atoms with E-state index in [9.17, 15) is 14.4 Å². The molecule has 0 aliphatic rings. The molecule has 0 saturated carbocycles. The smallest absolute Gasteiger partial charge is 0.325 e. The summed E-state index contributed by atoms with van der Waals surface area (Å²) in [7, 11) is 0. The largest absolute Gasteiger partial charge is 0.327 e. The SMILES string of the molecule is C#CCN(CCC)C(=O)c1c[nH]c(=O)[nH]c1=O. The maximum atomic E-state index is 11.9. The van der Waals surface area contributed by atoms with Crippen LogP contribution < -0.4 is 11.2 Å². The highest BCUT2D eigenvalue weighted by Gasteiger charge is 2.17. The van der Waals surface area contributed by atoms with Gasteiger partial charge < -0.3 is 9.88 Å². The first kappa shape index (κ1) is 12.8. The molecule has 6 nitrogen and oxygen atoms in total. The Hall–Kier alpha value is -2.29. The van der Waals surface area contributed by atoms with Crippen LogP contribution in [-0.2, 0) is 0 Å². The number of amides is 1. The highest BCUT2D eigenvalue weighted by atomic mass is 16.2. The highest BCUT2D eigenvalue weighted by molar-refractivity contribution is 5.93. The zero-order chi connectivity index (χ0) is 12.8. The standard InChI is InChI=1S/C11H13N3O3/c1-3-5-14(6-4-2)10(16)8-7-12-11(17)13-9(8)15/h1,7H,4-6H2,2H3,(H2,12,13,15,17). The summed E-state index contributed by atoms with van der Waals surface area (Å²) in [5.41, 5.74) is -1.48. The lowest BCUT2D eigenvalue weighted by Gasteiger charge is -2.18. The van der Waals surface area contributed by atoms with Crippen LogP contribution in [-0.4, -0.2) is 33.9 Å². The lowest BCUT2D eigenvalue weighted by molar-refractivity contribution is 0.0774. The Morgan fingerprint density at radius 1 is 1.53 bits per heavy atom. The summed E-state index contributed by atoms with van der Waals surface area (Å²) < 4.78 is 0. The van der Waals surface area contributed by atoms with Gasteiger partial charge in [0.05, 0.1) is 6.54 Å². The van der Waals surface area contributed by atoms with Crippen molar-refractivity contribution in [3.63, 3.8) is 0 Å². The van der Waals surface area contributed by atoms with Gasteiger partial charge in [-0.05, 0) is 6.42 Å². The molecule has 1 aromatic rings. The molecule has 0 fully saturated rings. The Bertz CT molecular complexity index is 550. The van der Waals surface area contributed by atoms with Crippen LogP contribution in [0, 0.1) is 12.3 Å². The van der Waals surface area contributed by atoms with Crippen LogP contribution in [0.25, 0.3) is 0 Å². The van der Waals surface area contributed by atoms with Crippen LogP contribution in [0.15, 0.2) is 15.8 Å². The number of nitrogens with one attached hydrogen (secondary N) is 2. The van der Waals surface area contributed by atoms with Crippen molar-refractivity contribution in [1.82, 2.24) is 14.9 Å². The average Bonchev–Trinajstić information content (AvgIpc) is 2.28. The van der Waals surface area contributed by atoms with E-state index in [4.69, 9.17) is 6.42 Å². The molecule has 0 aromatic carbocycles. The number of terminal acetylenes is 1. The number of carbonyl (C=O) groups is 1. The first-order valence-electron chi connectivity index (χ1n) is 5.15. The maximum absolute atomic E-state index is 11.9. The number of nitrogens with zero attached hydrogens (tertiary/aromatic N) is 1. The van der Waals surface area contributed by atoms with Crippen LogP contribution >= 0.6 is 0 Å². The highest BCUT2D eigenvalue weighted by Crippen LogP contribution is 1.98. The summed E-state index contributed by atoms with van der Waals surface area (Å²) in [6.45, 7) is 2.49. The first-order chi connectivity index (χ1) is 8.10. The fraction of sp³-hybridized carbons (Fsp3) is 0.364. The Labute approximate surface area is 97.7 Å². The molecule has 1 aromatic heterocycles. The molecular formula is C11H13N3O3. The molecule has 2 N–H and O–H groups in total. The molecule has 0 saturated heterocycles. The van der Waals surface area contributed by atoms with E-state index < -0.39 is 17.2 Å². The van der Waals surface area contributed by atoms with Gasteiger partial charge in [-0.25, -0.2) is 4.79 Å². The predicted molar refractivity (Wildman–Crippen MR) is 62.7 cm³/mol. The van der Waals surface area contributed by atoms with E-state index in [1.807, 2.05) is 11.9 Å². The molecule has 0 atom stereocenters. The fourth-order valence-corrected chi connectivity index (χ4v) is 1.37. The third kappa shape index (κ3) is 3.08. The third-order valence-electron chi connectivity index (χ3n) is 2.11. The van der Waals surface area contributed by atoms with E-state index in [0.717, 1.165) is 12.6 Å². The molecule has 0 radical (unpaired) electrons. The Balaban J connectivity index is 3.06. The van der Waals surface area contributed by atoms with Gasteiger partial charge in [-0.15, -0.1) is 6.42 Å². The van der Waals surface area contributed by atoms with Crippen molar-refractivity contribution in [2.24, 2.45) is 0 Å². The van der Waals surface area contributed by atoms with Gasteiger partial charge in [-0.1, -0.05) is 12.8 Å². The fourth-order valence-electron chi connectivity index (χ4n) is 1.37. The normalized spacial score (nSPS) is 9.65. The minimum Gasteiger partial charge on any atom is -0.327 e. The topological polar surface area (TPSA) is 86.0 Å². The quantitative estimate of drug-likeness (QED) is 0.693. The molecule has 1 rings (SSSR count). The summed E-state index contributed by atoms with van der Waals surface area (Å²) in [5, 5.41) is 0. The number of aromatic nitrogens is 2. The van der Waals surface area contributed by atoms with Gasteiger partial charge in [0.15, 0.2) is 0 Å². The average molecular weight is 235 g/mol. The van der Waals surface area contributed by atoms with Crippen molar-refractivity contribution < 1.29 is 4.79 Å². The van der Waals surface area contributed by atoms with Crippen molar-refractivity contribution in [2.45, 2.75) is 13.3 Å². The number of hydrogen-bond acceptors (Lipinski definition) is 3. The van der Waals surface area contributed by atoms with Crippen LogP contribution in [0.4, 0.5) is 0 Å². The summed E-state index contributed by atoms with van der Waals surface area (Å²) in [6, 6.07) is 0. The molecule has 1 amide bonds. The van der Waals surface area contributed by atoms with E-state index in [-0.39, 0.29) is 12.1 Å². The Morgan fingerprint density at radius 2 is 2.24 bits per heavy atom. The molecule has 17 heavy (non-hydrogen) atoms. The number of rotatable bonds is 4. The van der Waals surface area contributed by atoms with E-state index in [0.29, 0.717) is 6.54 Å². The van der Waals surface area contributed by atoms with Gasteiger partial charge in [-0.3, -0.25) is 14.6 Å². The zero-order valence-corrected chi connectivity index (χ0v) is 9.45. The molecule has 0 bridgehead atoms. The zero-order valence-electron chi connectivity index (χ0n) is 9.45. The summed E-state index contributed by atoms with van der Waals surface area (Å²) in [6.07, 6.45) is 6.98. The van der Waals surface area contributed by atoms with Gasteiger partial charge in [0.25, 0.3) is 11.5 Å². The summed E-state index contributed by atoms with van der Waals surface area (Å²) >= 11 is 0. The summed E-state index contributed by atoms with van der Waals surface area (Å²) in [5.74, 6) is 1.87. The molecule has 6 heteroatoms. The number of carbonyl (C=O) groups excluding carboxylic acids is 1. The van der Waals surface area contributed by atoms with Crippen LogP contribution in [0.2, 0.25) is 0 Å². The second-order valence-corrected chi connectivity index (χ2v) is 3.42. The number of H-pyrrole nitrogens is 2. The summed E-state index contributed by atoms with van der Waals surface area (Å²) in [4.78, 5) is 39.8. The lowest BCUT2D eigenvalue weighted by atomic mass is 10.2. The second kappa shape index (κ2) is 5.70. The van der Waals surface area contributed by atoms with E-state index in [1.165, 1.54) is 4.90 Å². The molecule has 0 aliphatic carbocycles. The maximum Gasteiger partial charge on any atom is 0.325 e. The number of hydrogen-bond donors (Lipinski definition) is 2. The van der Waals surface area contributed by atoms with Crippen molar-refractivity contribution in [3.8, 4) is 12.3 Å². The second-order valence-electron chi connectivity index (χ2n) is 3.42. The van der Waals surface area contributed by atoms with E-state index in [1.54, 1.807) is 0 Å². The molecule has 0 aliphatic heterocycles. The van der Waals surface area contributed by atoms with Crippen LogP contribution in [0.3, 0.4) is 0 Å². The monoisotopic (exact) mass is 235 g/mol. The van der Waals surface area contributed by atoms with Gasteiger partial charge in [0.1, 0.15) is 5.56 Å². The third-order valence-corrected chi connectivity index (χ3v) is 2.11. The van der Waals surface area contributed by atoms with Crippen molar-refractivity contribution >= 4 is 5.91 Å². The molecule has 0 unspecified atom stereocenters. The molecule has 0 spiro atoms. The Kier molecular flexibility index (Phi) is 4.29. The van der Waals surface area contributed by atoms with Crippen molar-refractivity contribution in [3.05, 3.63) is 32.6 Å². The van der Waals surface area contributed by atoms with Gasteiger partial charge in [-0.2, -0.15) is 0 Å². The van der Waals surface area contributed by atoms with Gasteiger partial charge in [0.2, 0.25) is 0 Å².